The molecule has 7 rings (SSSR count). The first-order valence-electron chi connectivity index (χ1n) is 15.3. The summed E-state index contributed by atoms with van der Waals surface area (Å²) in [5.74, 6) is -0.660. The Morgan fingerprint density at radius 3 is 2.35 bits per heavy atom. The SMILES string of the molecule is C=CC[C@H]1OC[C@H]2O[C@@H](O[C@@H]3c4cc5c(cc4[C@@H](c4cc(OC)c(O)c(OC)c4)[C@H]4C(=O)OC[C@@H]43)OCO5)[C@H](N(C)C)[C@@H](O)[C@@H]2O1. The number of phenolic OH excluding ortho intramolecular Hbond substituents is 1. The number of aliphatic hydroxyl groups is 1. The van der Waals surface area contributed by atoms with Crippen molar-refractivity contribution in [2.45, 2.75) is 55.4 Å². The molecule has 0 saturated carbocycles. The zero-order valence-electron chi connectivity index (χ0n) is 26.1. The van der Waals surface area contributed by atoms with Gasteiger partial charge in [-0.2, -0.15) is 0 Å². The fourth-order valence-corrected chi connectivity index (χ4v) is 7.47. The summed E-state index contributed by atoms with van der Waals surface area (Å²) in [5.41, 5.74) is 2.21. The number of benzene rings is 2. The molecule has 4 aliphatic heterocycles. The molecule has 4 heterocycles. The number of nitrogens with zero attached hydrogens (tertiary/aromatic N) is 1. The molecule has 13 heteroatoms. The van der Waals surface area contributed by atoms with Crippen LogP contribution < -0.4 is 18.9 Å². The van der Waals surface area contributed by atoms with E-state index in [2.05, 4.69) is 6.58 Å². The second-order valence-corrected chi connectivity index (χ2v) is 12.3. The van der Waals surface area contributed by atoms with Gasteiger partial charge in [-0.25, -0.2) is 0 Å². The highest BCUT2D eigenvalue weighted by Gasteiger charge is 2.56. The van der Waals surface area contributed by atoms with Crippen molar-refractivity contribution >= 4 is 5.97 Å². The molecular formula is C33H39NO12. The first-order valence-corrected chi connectivity index (χ1v) is 15.3. The van der Waals surface area contributed by atoms with Crippen molar-refractivity contribution in [3.63, 3.8) is 0 Å². The Morgan fingerprint density at radius 2 is 1.70 bits per heavy atom. The van der Waals surface area contributed by atoms with E-state index >= 15 is 0 Å². The van der Waals surface area contributed by atoms with Gasteiger partial charge in [0.05, 0.1) is 45.5 Å². The standard InChI is InChI=1S/C33H39NO12/c1-6-7-24-40-13-23-31(45-24)29(36)27(34(2)3)33(44-23)46-30-17-11-20-19(42-14-43-20)10-16(17)25(26-18(30)12-41-32(26)37)15-8-21(38-4)28(35)22(9-15)39-5/h6,8-11,18,23-27,29-31,33,35-36H,1,7,12-14H2,2-5H3/t18-,23+,24-,25+,26-,27+,29+,30+,31+,33-/m0/s1. The number of aromatic hydroxyl groups is 1. The summed E-state index contributed by atoms with van der Waals surface area (Å²) >= 11 is 0. The number of ether oxygens (including phenoxy) is 9. The largest absolute Gasteiger partial charge is 0.502 e. The third-order valence-corrected chi connectivity index (χ3v) is 9.61. The molecule has 5 aliphatic rings. The summed E-state index contributed by atoms with van der Waals surface area (Å²) in [6.45, 7) is 4.13. The van der Waals surface area contributed by atoms with Crippen molar-refractivity contribution in [1.82, 2.24) is 4.90 Å². The number of carbonyl (C=O) groups is 1. The third-order valence-electron chi connectivity index (χ3n) is 9.61. The molecule has 2 aromatic rings. The smallest absolute Gasteiger partial charge is 0.310 e. The molecule has 0 amide bonds. The van der Waals surface area contributed by atoms with E-state index in [0.29, 0.717) is 23.5 Å². The van der Waals surface area contributed by atoms with Crippen molar-refractivity contribution in [3.05, 3.63) is 53.6 Å². The zero-order valence-corrected chi connectivity index (χ0v) is 26.1. The monoisotopic (exact) mass is 641 g/mol. The van der Waals surface area contributed by atoms with E-state index in [4.69, 9.17) is 42.6 Å². The number of cyclic esters (lactones) is 1. The van der Waals surface area contributed by atoms with E-state index < -0.39 is 60.8 Å². The molecule has 13 nitrogen and oxygen atoms in total. The predicted octanol–water partition coefficient (Wildman–Crippen LogP) is 2.46. The van der Waals surface area contributed by atoms with E-state index in [9.17, 15) is 15.0 Å². The van der Waals surface area contributed by atoms with Gasteiger partial charge in [-0.1, -0.05) is 6.08 Å². The van der Waals surface area contributed by atoms with Crippen LogP contribution in [0.1, 0.15) is 35.1 Å². The van der Waals surface area contributed by atoms with E-state index in [0.717, 1.165) is 11.1 Å². The molecule has 10 atom stereocenters. The third kappa shape index (κ3) is 5.06. The molecule has 248 valence electrons. The summed E-state index contributed by atoms with van der Waals surface area (Å²) < 4.78 is 53.5. The highest BCUT2D eigenvalue weighted by atomic mass is 16.7. The molecule has 0 bridgehead atoms. The molecule has 3 fully saturated rings. The van der Waals surface area contributed by atoms with Crippen LogP contribution in [0.4, 0.5) is 0 Å². The fourth-order valence-electron chi connectivity index (χ4n) is 7.47. The molecule has 2 N–H and O–H groups in total. The molecular weight excluding hydrogens is 602 g/mol. The molecule has 2 aromatic carbocycles. The summed E-state index contributed by atoms with van der Waals surface area (Å²) in [6.07, 6.45) is -2.12. The number of carbonyl (C=O) groups excluding carboxylic acids is 1. The molecule has 0 radical (unpaired) electrons. The van der Waals surface area contributed by atoms with Crippen molar-refractivity contribution in [3.8, 4) is 28.7 Å². The van der Waals surface area contributed by atoms with Crippen LogP contribution in [-0.4, -0.2) is 106 Å². The molecule has 46 heavy (non-hydrogen) atoms. The highest BCUT2D eigenvalue weighted by molar-refractivity contribution is 5.79. The average Bonchev–Trinajstić information content (AvgIpc) is 3.67. The van der Waals surface area contributed by atoms with E-state index in [1.807, 2.05) is 31.1 Å². The Morgan fingerprint density at radius 1 is 1.00 bits per heavy atom. The Bertz CT molecular complexity index is 1470. The van der Waals surface area contributed by atoms with E-state index in [1.54, 1.807) is 18.2 Å². The van der Waals surface area contributed by atoms with Crippen LogP contribution >= 0.6 is 0 Å². The maximum Gasteiger partial charge on any atom is 0.310 e. The van der Waals surface area contributed by atoms with Gasteiger partial charge in [-0.05, 0) is 55.1 Å². The van der Waals surface area contributed by atoms with Crippen molar-refractivity contribution in [1.29, 1.82) is 0 Å². The lowest BCUT2D eigenvalue weighted by Crippen LogP contribution is -2.66. The maximum absolute atomic E-state index is 13.6. The summed E-state index contributed by atoms with van der Waals surface area (Å²) in [5, 5.41) is 22.3. The summed E-state index contributed by atoms with van der Waals surface area (Å²) in [4.78, 5) is 15.4. The highest BCUT2D eigenvalue weighted by Crippen LogP contribution is 2.57. The minimum absolute atomic E-state index is 0.0563. The van der Waals surface area contributed by atoms with E-state index in [1.165, 1.54) is 14.2 Å². The topological polar surface area (TPSA) is 144 Å². The molecule has 0 unspecified atom stereocenters. The lowest BCUT2D eigenvalue weighted by Gasteiger charge is -2.50. The van der Waals surface area contributed by atoms with Gasteiger partial charge in [0.15, 0.2) is 35.6 Å². The minimum Gasteiger partial charge on any atom is -0.502 e. The van der Waals surface area contributed by atoms with Crippen LogP contribution in [0.2, 0.25) is 0 Å². The number of rotatable bonds is 8. The zero-order chi connectivity index (χ0) is 32.3. The lowest BCUT2D eigenvalue weighted by atomic mass is 9.66. The van der Waals surface area contributed by atoms with Gasteiger partial charge >= 0.3 is 5.97 Å². The van der Waals surface area contributed by atoms with E-state index in [-0.39, 0.29) is 43.2 Å². The van der Waals surface area contributed by atoms with Crippen LogP contribution in [0.5, 0.6) is 28.7 Å². The lowest BCUT2D eigenvalue weighted by molar-refractivity contribution is -0.356. The normalized spacial score (nSPS) is 34.3. The van der Waals surface area contributed by atoms with Crippen LogP contribution in [0.3, 0.4) is 0 Å². The number of likely N-dealkylation sites (N-methyl/N-ethyl adjacent to an activating group) is 1. The number of phenols is 1. The second-order valence-electron chi connectivity index (χ2n) is 12.3. The van der Waals surface area contributed by atoms with Crippen LogP contribution in [0.25, 0.3) is 0 Å². The van der Waals surface area contributed by atoms with Crippen LogP contribution in [0.15, 0.2) is 36.9 Å². The molecule has 3 saturated heterocycles. The Labute approximate surface area is 266 Å². The van der Waals surface area contributed by atoms with Gasteiger partial charge in [0.1, 0.15) is 18.3 Å². The molecule has 0 spiro atoms. The average molecular weight is 642 g/mol. The maximum atomic E-state index is 13.6. The molecule has 0 aromatic heterocycles. The summed E-state index contributed by atoms with van der Waals surface area (Å²) in [7, 11) is 6.59. The first-order chi connectivity index (χ1) is 22.2. The van der Waals surface area contributed by atoms with Crippen molar-refractivity contribution in [2.75, 3.05) is 48.3 Å². The van der Waals surface area contributed by atoms with Gasteiger partial charge in [0.25, 0.3) is 0 Å². The van der Waals surface area contributed by atoms with Gasteiger partial charge in [-0.3, -0.25) is 9.69 Å². The number of methoxy groups -OCH3 is 2. The second kappa shape index (κ2) is 12.2. The number of aliphatic hydroxyl groups excluding tert-OH is 1. The number of hydrogen-bond acceptors (Lipinski definition) is 13. The van der Waals surface area contributed by atoms with Gasteiger partial charge in [-0.15, -0.1) is 6.58 Å². The molecule has 1 aliphatic carbocycles. The summed E-state index contributed by atoms with van der Waals surface area (Å²) in [6, 6.07) is 6.53. The Kier molecular flexibility index (Phi) is 8.24. The van der Waals surface area contributed by atoms with Gasteiger partial charge in [0.2, 0.25) is 12.5 Å². The predicted molar refractivity (Wildman–Crippen MR) is 159 cm³/mol. The van der Waals surface area contributed by atoms with Gasteiger partial charge < -0.3 is 52.8 Å². The van der Waals surface area contributed by atoms with Crippen LogP contribution in [0, 0.1) is 11.8 Å². The number of esters is 1. The van der Waals surface area contributed by atoms with Crippen LogP contribution in [-0.2, 0) is 28.5 Å². The quantitative estimate of drug-likeness (QED) is 0.322. The Hall–Kier alpha value is -3.59. The Balaban J connectivity index is 1.30. The van der Waals surface area contributed by atoms with Gasteiger partial charge in [0, 0.05) is 18.3 Å². The number of hydrogen-bond donors (Lipinski definition) is 2. The minimum atomic E-state index is -0.961. The van der Waals surface area contributed by atoms with Crippen molar-refractivity contribution < 1.29 is 57.6 Å². The first kappa shape index (κ1) is 31.0. The number of fused-ring (bicyclic) bond motifs is 4. The van der Waals surface area contributed by atoms with Crippen molar-refractivity contribution in [2.24, 2.45) is 11.8 Å². The fraction of sp³-hybridized carbons (Fsp3) is 0.545.